The molecule has 0 aliphatic carbocycles. The molecule has 2 rings (SSSR count). The van der Waals surface area contributed by atoms with Gasteiger partial charge in [0.2, 0.25) is 0 Å². The number of rotatable bonds is 10. The van der Waals surface area contributed by atoms with E-state index in [1.165, 1.54) is 31.2 Å². The van der Waals surface area contributed by atoms with Gasteiger partial charge in [-0.05, 0) is 63.5 Å². The zero-order chi connectivity index (χ0) is 25.3. The molecule has 2 atom stereocenters. The Labute approximate surface area is 200 Å². The van der Waals surface area contributed by atoms with E-state index in [1.807, 2.05) is 32.9 Å². The van der Waals surface area contributed by atoms with Crippen molar-refractivity contribution in [2.45, 2.75) is 53.7 Å². The fourth-order valence-electron chi connectivity index (χ4n) is 3.62. The van der Waals surface area contributed by atoms with E-state index in [4.69, 9.17) is 4.99 Å². The third kappa shape index (κ3) is 8.09. The van der Waals surface area contributed by atoms with Crippen LogP contribution in [0.25, 0.3) is 5.70 Å². The second-order valence-corrected chi connectivity index (χ2v) is 8.40. The van der Waals surface area contributed by atoms with Crippen LogP contribution in [0, 0.1) is 5.92 Å². The molecule has 1 heterocycles. The van der Waals surface area contributed by atoms with Crippen molar-refractivity contribution in [3.05, 3.63) is 53.8 Å². The van der Waals surface area contributed by atoms with E-state index in [0.29, 0.717) is 17.3 Å². The maximum absolute atomic E-state index is 12.7. The van der Waals surface area contributed by atoms with Crippen LogP contribution in [0.2, 0.25) is 0 Å². The summed E-state index contributed by atoms with van der Waals surface area (Å²) in [6.45, 7) is 9.26. The van der Waals surface area contributed by atoms with Crippen LogP contribution >= 0.6 is 0 Å². The van der Waals surface area contributed by atoms with Crippen molar-refractivity contribution in [3.8, 4) is 11.5 Å². The van der Waals surface area contributed by atoms with Gasteiger partial charge in [-0.2, -0.15) is 8.78 Å². The van der Waals surface area contributed by atoms with Gasteiger partial charge in [-0.1, -0.05) is 19.9 Å². The molecule has 1 fully saturated rings. The fraction of sp³-hybridized carbons (Fsp3) is 0.462. The first-order chi connectivity index (χ1) is 16.1. The number of nitrogens with one attached hydrogen (secondary N) is 1. The summed E-state index contributed by atoms with van der Waals surface area (Å²) < 4.78 is 29.9. The topological polar surface area (TPSA) is 74.2 Å². The summed E-state index contributed by atoms with van der Waals surface area (Å²) in [5, 5.41) is 13.3. The van der Waals surface area contributed by atoms with Gasteiger partial charge in [-0.15, -0.1) is 0 Å². The Kier molecular flexibility index (Phi) is 10.4. The molecule has 6 nitrogen and oxygen atoms in total. The highest BCUT2D eigenvalue weighted by atomic mass is 19.3. The van der Waals surface area contributed by atoms with E-state index < -0.39 is 12.4 Å². The van der Waals surface area contributed by atoms with Gasteiger partial charge in [0.1, 0.15) is 0 Å². The van der Waals surface area contributed by atoms with Crippen molar-refractivity contribution in [2.24, 2.45) is 10.9 Å². The summed E-state index contributed by atoms with van der Waals surface area (Å²) in [7, 11) is 0. The third-order valence-corrected chi connectivity index (χ3v) is 5.63. The maximum Gasteiger partial charge on any atom is 0.387 e. The summed E-state index contributed by atoms with van der Waals surface area (Å²) >= 11 is 0. The van der Waals surface area contributed by atoms with E-state index in [2.05, 4.69) is 28.0 Å². The standard InChI is InChI=1S/C26H35F2N3O3/c1-6-17(3)22(10-9-21(7-2)31-13-12-29-18(4)16-31)30-23(14-19(5)32)20-8-11-24(33)25(15-20)34-26(27)28/h7-11,14-15,17-18,26,29,33H,6,12-13,16H2,1-5H3/b10-9-,21-7+,23-14-,30-22-/t17?,18-/m0/s1. The van der Waals surface area contributed by atoms with Crippen molar-refractivity contribution in [2.75, 3.05) is 19.6 Å². The molecule has 0 aromatic heterocycles. The van der Waals surface area contributed by atoms with Gasteiger partial charge in [-0.25, -0.2) is 0 Å². The number of carbonyl (C=O) groups excluding carboxylic acids is 1. The first-order valence-corrected chi connectivity index (χ1v) is 11.6. The number of ketones is 1. The molecule has 186 valence electrons. The number of hydrogen-bond acceptors (Lipinski definition) is 6. The van der Waals surface area contributed by atoms with Gasteiger partial charge in [0.25, 0.3) is 0 Å². The number of aromatic hydroxyl groups is 1. The number of phenols is 1. The largest absolute Gasteiger partial charge is 0.504 e. The lowest BCUT2D eigenvalue weighted by Gasteiger charge is -2.34. The summed E-state index contributed by atoms with van der Waals surface area (Å²) in [5.74, 6) is -0.942. The second-order valence-electron chi connectivity index (χ2n) is 8.40. The van der Waals surface area contributed by atoms with Crippen LogP contribution in [0.5, 0.6) is 11.5 Å². The molecule has 0 bridgehead atoms. The smallest absolute Gasteiger partial charge is 0.387 e. The van der Waals surface area contributed by atoms with Gasteiger partial charge in [0, 0.05) is 48.7 Å². The Morgan fingerprint density at radius 2 is 2.12 bits per heavy atom. The number of allylic oxidation sites excluding steroid dienone is 4. The van der Waals surface area contributed by atoms with Gasteiger partial charge in [-0.3, -0.25) is 9.79 Å². The summed E-state index contributed by atoms with van der Waals surface area (Å²) in [6.07, 6.45) is 8.20. The van der Waals surface area contributed by atoms with Crippen molar-refractivity contribution < 1.29 is 23.4 Å². The molecule has 34 heavy (non-hydrogen) atoms. The molecule has 1 unspecified atom stereocenters. The lowest BCUT2D eigenvalue weighted by Crippen LogP contribution is -2.48. The number of carbonyl (C=O) groups is 1. The Hall–Kier alpha value is -3.00. The first-order valence-electron chi connectivity index (χ1n) is 11.6. The van der Waals surface area contributed by atoms with Crippen molar-refractivity contribution in [1.29, 1.82) is 0 Å². The minimum absolute atomic E-state index is 0.0839. The number of ether oxygens (including phenoxy) is 1. The monoisotopic (exact) mass is 475 g/mol. The second kappa shape index (κ2) is 13.0. The number of alkyl halides is 2. The van der Waals surface area contributed by atoms with E-state index >= 15 is 0 Å². The van der Waals surface area contributed by atoms with Crippen LogP contribution < -0.4 is 10.1 Å². The summed E-state index contributed by atoms with van der Waals surface area (Å²) in [4.78, 5) is 19.0. The molecule has 1 aromatic rings. The van der Waals surface area contributed by atoms with Crippen LogP contribution in [0.15, 0.2) is 53.2 Å². The number of nitrogens with zero attached hydrogens (tertiary/aromatic N) is 2. The SMILES string of the molecule is C\C=C(/C=C\C(=N\C(=C/C(C)=O)c1ccc(O)c(OC(F)F)c1)C(C)CC)N1CCN[C@@H](C)C1. The van der Waals surface area contributed by atoms with Gasteiger partial charge in [0.15, 0.2) is 17.3 Å². The van der Waals surface area contributed by atoms with Crippen LogP contribution in [-0.2, 0) is 4.79 Å². The summed E-state index contributed by atoms with van der Waals surface area (Å²) in [5.41, 5.74) is 2.53. The predicted molar refractivity (Wildman–Crippen MR) is 132 cm³/mol. The molecule has 1 aliphatic heterocycles. The molecule has 1 aromatic carbocycles. The molecule has 0 spiro atoms. The minimum Gasteiger partial charge on any atom is -0.504 e. The van der Waals surface area contributed by atoms with Crippen molar-refractivity contribution in [3.63, 3.8) is 0 Å². The summed E-state index contributed by atoms with van der Waals surface area (Å²) in [6, 6.07) is 4.42. The van der Waals surface area contributed by atoms with Gasteiger partial charge >= 0.3 is 6.61 Å². The van der Waals surface area contributed by atoms with E-state index in [9.17, 15) is 18.7 Å². The highest BCUT2D eigenvalue weighted by Gasteiger charge is 2.17. The van der Waals surface area contributed by atoms with Crippen LogP contribution in [-0.4, -0.2) is 53.8 Å². The first kappa shape index (κ1) is 27.2. The van der Waals surface area contributed by atoms with Crippen LogP contribution in [0.4, 0.5) is 8.78 Å². The maximum atomic E-state index is 12.7. The molecule has 1 aliphatic rings. The highest BCUT2D eigenvalue weighted by molar-refractivity contribution is 6.03. The number of hydrogen-bond donors (Lipinski definition) is 2. The van der Waals surface area contributed by atoms with E-state index in [0.717, 1.165) is 37.5 Å². The van der Waals surface area contributed by atoms with Crippen LogP contribution in [0.1, 0.15) is 46.6 Å². The number of aliphatic imine (C=N–C) groups is 1. The Balaban J connectivity index is 2.46. The van der Waals surface area contributed by atoms with Gasteiger partial charge in [0.05, 0.1) is 5.70 Å². The fourth-order valence-corrected chi connectivity index (χ4v) is 3.62. The molecule has 0 amide bonds. The quantitative estimate of drug-likeness (QED) is 0.278. The third-order valence-electron chi connectivity index (χ3n) is 5.63. The van der Waals surface area contributed by atoms with Crippen molar-refractivity contribution >= 4 is 17.2 Å². The lowest BCUT2D eigenvalue weighted by atomic mass is 10.0. The lowest BCUT2D eigenvalue weighted by molar-refractivity contribution is -0.112. The Morgan fingerprint density at radius 1 is 1.38 bits per heavy atom. The minimum atomic E-state index is -3.09. The Morgan fingerprint density at radius 3 is 2.71 bits per heavy atom. The normalized spacial score (nSPS) is 19.1. The molecule has 0 radical (unpaired) electrons. The number of phenolic OH excluding ortho intramolecular Hbond substituents is 1. The molecule has 2 N–H and O–H groups in total. The average Bonchev–Trinajstić information content (AvgIpc) is 2.78. The van der Waals surface area contributed by atoms with E-state index in [-0.39, 0.29) is 17.5 Å². The number of benzene rings is 1. The molecular weight excluding hydrogens is 440 g/mol. The predicted octanol–water partition coefficient (Wildman–Crippen LogP) is 5.16. The molecule has 0 saturated carbocycles. The Bertz CT molecular complexity index is 970. The number of halogens is 2. The molecule has 1 saturated heterocycles. The number of piperazine rings is 1. The average molecular weight is 476 g/mol. The van der Waals surface area contributed by atoms with Crippen LogP contribution in [0.3, 0.4) is 0 Å². The zero-order valence-corrected chi connectivity index (χ0v) is 20.5. The highest BCUT2D eigenvalue weighted by Crippen LogP contribution is 2.32. The molecule has 8 heteroatoms. The van der Waals surface area contributed by atoms with Crippen molar-refractivity contribution in [1.82, 2.24) is 10.2 Å². The van der Waals surface area contributed by atoms with E-state index in [1.54, 1.807) is 0 Å². The van der Waals surface area contributed by atoms with Gasteiger partial charge < -0.3 is 20.1 Å². The molecular formula is C26H35F2N3O3. The zero-order valence-electron chi connectivity index (χ0n) is 20.5.